The van der Waals surface area contributed by atoms with Crippen LogP contribution in [0.1, 0.15) is 6.92 Å². The minimum Gasteiger partial charge on any atom is -0.494 e. The predicted molar refractivity (Wildman–Crippen MR) is 103 cm³/mol. The fourth-order valence-electron chi connectivity index (χ4n) is 2.24. The van der Waals surface area contributed by atoms with E-state index in [4.69, 9.17) is 10.6 Å². The number of nitrogens with two attached hydrogens (primary N) is 1. The summed E-state index contributed by atoms with van der Waals surface area (Å²) in [5, 5.41) is 0. The number of carbonyl (C=O) groups is 1. The summed E-state index contributed by atoms with van der Waals surface area (Å²) < 4.78 is 32.5. The quantitative estimate of drug-likeness (QED) is 0.307. The minimum absolute atomic E-state index is 0.0917. The number of thioether (sulfide) groups is 1. The molecule has 2 aromatic rings. The van der Waals surface area contributed by atoms with Crippen molar-refractivity contribution >= 4 is 33.4 Å². The van der Waals surface area contributed by atoms with Gasteiger partial charge < -0.3 is 4.74 Å². The van der Waals surface area contributed by atoms with Gasteiger partial charge >= 0.3 is 0 Å². The third-order valence-electron chi connectivity index (χ3n) is 3.53. The van der Waals surface area contributed by atoms with Gasteiger partial charge in [-0.25, -0.2) is 14.3 Å². The van der Waals surface area contributed by atoms with Crippen LogP contribution in [0.2, 0.25) is 0 Å². The molecule has 0 unspecified atom stereocenters. The standard InChI is InChI=1S/C17H21N3O4S2/c1-3-24-14-6-4-13(5-7-14)20(12-17(21)19-18)26(22,23)16-10-8-15(25-2)9-11-16/h4-11H,3,12,18H2,1-2H3,(H,19,21). The third-order valence-corrected chi connectivity index (χ3v) is 6.06. The van der Waals surface area contributed by atoms with Gasteiger partial charge in [-0.1, -0.05) is 0 Å². The lowest BCUT2D eigenvalue weighted by molar-refractivity contribution is -0.119. The second-order valence-corrected chi connectivity index (χ2v) is 7.92. The van der Waals surface area contributed by atoms with E-state index < -0.39 is 22.5 Å². The molecule has 0 aromatic heterocycles. The van der Waals surface area contributed by atoms with Crippen LogP contribution in [0.3, 0.4) is 0 Å². The monoisotopic (exact) mass is 395 g/mol. The molecule has 0 radical (unpaired) electrons. The van der Waals surface area contributed by atoms with Gasteiger partial charge in [0.05, 0.1) is 17.2 Å². The van der Waals surface area contributed by atoms with Crippen LogP contribution in [0.15, 0.2) is 58.3 Å². The molecule has 0 spiro atoms. The van der Waals surface area contributed by atoms with Gasteiger partial charge in [0.25, 0.3) is 15.9 Å². The van der Waals surface area contributed by atoms with E-state index in [0.717, 1.165) is 9.20 Å². The molecule has 0 saturated carbocycles. The van der Waals surface area contributed by atoms with Crippen molar-refractivity contribution in [1.29, 1.82) is 0 Å². The molecule has 0 heterocycles. The number of carbonyl (C=O) groups excluding carboxylic acids is 1. The number of benzene rings is 2. The number of hydrogen-bond donors (Lipinski definition) is 2. The van der Waals surface area contributed by atoms with Gasteiger partial charge in [0.2, 0.25) is 0 Å². The Kier molecular flexibility index (Phi) is 6.90. The van der Waals surface area contributed by atoms with E-state index in [0.29, 0.717) is 18.0 Å². The van der Waals surface area contributed by atoms with Gasteiger partial charge in [-0.05, 0) is 61.7 Å². The van der Waals surface area contributed by atoms with E-state index in [1.807, 2.05) is 18.6 Å². The van der Waals surface area contributed by atoms with Gasteiger partial charge in [0, 0.05) is 4.90 Å². The molecule has 0 bridgehead atoms. The number of hydrogen-bond acceptors (Lipinski definition) is 6. The molecule has 0 aliphatic rings. The van der Waals surface area contributed by atoms with Gasteiger partial charge in [0.1, 0.15) is 12.3 Å². The van der Waals surface area contributed by atoms with Crippen molar-refractivity contribution in [2.24, 2.45) is 5.84 Å². The summed E-state index contributed by atoms with van der Waals surface area (Å²) in [5.41, 5.74) is 2.30. The molecule has 0 saturated heterocycles. The van der Waals surface area contributed by atoms with Crippen LogP contribution in [-0.4, -0.2) is 33.7 Å². The van der Waals surface area contributed by atoms with Crippen LogP contribution in [-0.2, 0) is 14.8 Å². The molecule has 3 N–H and O–H groups in total. The number of nitrogens with zero attached hydrogens (tertiary/aromatic N) is 1. The predicted octanol–water partition coefficient (Wildman–Crippen LogP) is 1.99. The van der Waals surface area contributed by atoms with E-state index in [2.05, 4.69) is 0 Å². The molecular formula is C17H21N3O4S2. The molecular weight excluding hydrogens is 374 g/mol. The van der Waals surface area contributed by atoms with E-state index in [-0.39, 0.29) is 4.90 Å². The van der Waals surface area contributed by atoms with Crippen molar-refractivity contribution in [2.75, 3.05) is 23.7 Å². The summed E-state index contributed by atoms with van der Waals surface area (Å²) in [7, 11) is -3.94. The molecule has 9 heteroatoms. The average molecular weight is 396 g/mol. The topological polar surface area (TPSA) is 102 Å². The van der Waals surface area contributed by atoms with Gasteiger partial charge in [0.15, 0.2) is 0 Å². The second-order valence-electron chi connectivity index (χ2n) is 5.18. The van der Waals surface area contributed by atoms with E-state index in [1.54, 1.807) is 36.4 Å². The van der Waals surface area contributed by atoms with Gasteiger partial charge in [-0.15, -0.1) is 11.8 Å². The summed E-state index contributed by atoms with van der Waals surface area (Å²) in [5.74, 6) is 5.13. The normalized spacial score (nSPS) is 11.0. The molecule has 2 rings (SSSR count). The van der Waals surface area contributed by atoms with Gasteiger partial charge in [-0.3, -0.25) is 14.5 Å². The van der Waals surface area contributed by atoms with Crippen LogP contribution in [0.25, 0.3) is 0 Å². The van der Waals surface area contributed by atoms with Crippen molar-refractivity contribution in [3.05, 3.63) is 48.5 Å². The highest BCUT2D eigenvalue weighted by Crippen LogP contribution is 2.27. The first-order valence-corrected chi connectivity index (χ1v) is 10.5. The van der Waals surface area contributed by atoms with Crippen LogP contribution in [0.5, 0.6) is 5.75 Å². The van der Waals surface area contributed by atoms with Crippen LogP contribution >= 0.6 is 11.8 Å². The van der Waals surface area contributed by atoms with Crippen molar-refractivity contribution in [1.82, 2.24) is 5.43 Å². The SMILES string of the molecule is CCOc1ccc(N(CC(=O)NN)S(=O)(=O)c2ccc(SC)cc2)cc1. The number of nitrogens with one attached hydrogen (secondary N) is 1. The number of sulfonamides is 1. The Labute approximate surface area is 157 Å². The average Bonchev–Trinajstić information content (AvgIpc) is 2.66. The zero-order valence-corrected chi connectivity index (χ0v) is 16.1. The Morgan fingerprint density at radius 2 is 1.77 bits per heavy atom. The molecule has 0 fully saturated rings. The lowest BCUT2D eigenvalue weighted by Gasteiger charge is -2.24. The zero-order valence-electron chi connectivity index (χ0n) is 14.5. The van der Waals surface area contributed by atoms with Crippen LogP contribution in [0, 0.1) is 0 Å². The van der Waals surface area contributed by atoms with Crippen LogP contribution < -0.4 is 20.3 Å². The third kappa shape index (κ3) is 4.69. The second kappa shape index (κ2) is 8.93. The summed E-state index contributed by atoms with van der Waals surface area (Å²) in [6.45, 7) is 1.92. The number of ether oxygens (including phenoxy) is 1. The van der Waals surface area contributed by atoms with Crippen molar-refractivity contribution < 1.29 is 17.9 Å². The maximum absolute atomic E-state index is 13.1. The molecule has 1 amide bonds. The highest BCUT2D eigenvalue weighted by molar-refractivity contribution is 7.98. The van der Waals surface area contributed by atoms with Crippen molar-refractivity contribution in [2.45, 2.75) is 16.7 Å². The highest BCUT2D eigenvalue weighted by atomic mass is 32.2. The molecule has 7 nitrogen and oxygen atoms in total. The number of rotatable bonds is 8. The van der Waals surface area contributed by atoms with Crippen molar-refractivity contribution in [3.8, 4) is 5.75 Å². The first-order chi connectivity index (χ1) is 12.4. The number of hydrazine groups is 1. The summed E-state index contributed by atoms with van der Waals surface area (Å²) in [6, 6.07) is 12.9. The summed E-state index contributed by atoms with van der Waals surface area (Å²) in [4.78, 5) is 12.8. The molecule has 0 atom stereocenters. The summed E-state index contributed by atoms with van der Waals surface area (Å²) in [6.07, 6.45) is 1.90. The first kappa shape index (κ1) is 20.1. The smallest absolute Gasteiger partial charge is 0.264 e. The first-order valence-electron chi connectivity index (χ1n) is 7.81. The Bertz CT molecular complexity index is 837. The Balaban J connectivity index is 2.43. The fourth-order valence-corrected chi connectivity index (χ4v) is 4.07. The van der Waals surface area contributed by atoms with Crippen molar-refractivity contribution in [3.63, 3.8) is 0 Å². The van der Waals surface area contributed by atoms with Crippen LogP contribution in [0.4, 0.5) is 5.69 Å². The van der Waals surface area contributed by atoms with E-state index in [9.17, 15) is 13.2 Å². The zero-order chi connectivity index (χ0) is 19.2. The maximum Gasteiger partial charge on any atom is 0.264 e. The molecule has 0 aliphatic carbocycles. The largest absolute Gasteiger partial charge is 0.494 e. The van der Waals surface area contributed by atoms with Gasteiger partial charge in [-0.2, -0.15) is 0 Å². The molecule has 0 aliphatic heterocycles. The number of anilines is 1. The lowest BCUT2D eigenvalue weighted by atomic mass is 10.3. The lowest BCUT2D eigenvalue weighted by Crippen LogP contribution is -2.43. The Hall–Kier alpha value is -2.23. The molecule has 140 valence electrons. The highest BCUT2D eigenvalue weighted by Gasteiger charge is 2.27. The number of amides is 1. The van der Waals surface area contributed by atoms with E-state index >= 15 is 0 Å². The molecule has 2 aromatic carbocycles. The maximum atomic E-state index is 13.1. The molecule has 26 heavy (non-hydrogen) atoms. The van der Waals surface area contributed by atoms with E-state index in [1.165, 1.54) is 23.9 Å². The summed E-state index contributed by atoms with van der Waals surface area (Å²) >= 11 is 1.51. The fraction of sp³-hybridized carbons (Fsp3) is 0.235. The Morgan fingerprint density at radius 3 is 2.27 bits per heavy atom. The minimum atomic E-state index is -3.94. The Morgan fingerprint density at radius 1 is 1.15 bits per heavy atom.